The lowest BCUT2D eigenvalue weighted by molar-refractivity contribution is 0.0963. The van der Waals surface area contributed by atoms with Gasteiger partial charge in [-0.3, -0.25) is 4.90 Å². The Balaban J connectivity index is 1.36. The molecule has 11 nitrogen and oxygen atoms in total. The van der Waals surface area contributed by atoms with Gasteiger partial charge in [0, 0.05) is 0 Å². The Kier molecular flexibility index (Phi) is 3.94. The van der Waals surface area contributed by atoms with E-state index in [2.05, 4.69) is 25.4 Å². The highest BCUT2D eigenvalue weighted by Gasteiger charge is 2.32. The first-order chi connectivity index (χ1) is 14.0. The average Bonchev–Trinajstić information content (AvgIpc) is 3.44. The highest BCUT2D eigenvalue weighted by Crippen LogP contribution is 2.31. The topological polar surface area (TPSA) is 125 Å². The van der Waals surface area contributed by atoms with Crippen LogP contribution < -0.4 is 9.80 Å². The third-order valence-corrected chi connectivity index (χ3v) is 4.93. The molecule has 2 N–H and O–H groups in total. The molecule has 0 aliphatic carbocycles. The number of anilines is 2. The molecule has 1 amide bonds. The van der Waals surface area contributed by atoms with Gasteiger partial charge in [-0.1, -0.05) is 5.10 Å². The summed E-state index contributed by atoms with van der Waals surface area (Å²) in [4.78, 5) is 24.2. The summed E-state index contributed by atoms with van der Waals surface area (Å²) in [5.41, 5.74) is 2.33. The van der Waals surface area contributed by atoms with Gasteiger partial charge in [0.25, 0.3) is 5.95 Å². The summed E-state index contributed by atoms with van der Waals surface area (Å²) in [5, 5.41) is 21.1. The molecule has 3 aromatic rings. The molecule has 29 heavy (non-hydrogen) atoms. The molecule has 2 aliphatic rings. The van der Waals surface area contributed by atoms with Crippen molar-refractivity contribution < 1.29 is 19.0 Å². The van der Waals surface area contributed by atoms with Gasteiger partial charge >= 0.3 is 6.09 Å². The molecule has 12 heteroatoms. The van der Waals surface area contributed by atoms with Crippen molar-refractivity contribution >= 4 is 17.7 Å². The lowest BCUT2D eigenvalue weighted by atomic mass is 10.1. The summed E-state index contributed by atoms with van der Waals surface area (Å²) in [7, 11) is 1.69. The number of benzene rings is 1. The molecule has 0 saturated carbocycles. The quantitative estimate of drug-likeness (QED) is 0.651. The number of aryl methyl sites for hydroxylation is 1. The first-order valence-electron chi connectivity index (χ1n) is 8.97. The van der Waals surface area contributed by atoms with Crippen LogP contribution in [-0.4, -0.2) is 60.6 Å². The molecular weight excluding hydrogens is 383 g/mol. The fraction of sp³-hybridized carbons (Fsp3) is 0.353. The molecule has 0 bridgehead atoms. The number of tetrazole rings is 1. The summed E-state index contributed by atoms with van der Waals surface area (Å²) >= 11 is 0. The molecule has 1 fully saturated rings. The van der Waals surface area contributed by atoms with Gasteiger partial charge in [-0.15, -0.1) is 5.10 Å². The first kappa shape index (κ1) is 17.6. The molecule has 0 spiro atoms. The minimum absolute atomic E-state index is 0.176. The van der Waals surface area contributed by atoms with Crippen LogP contribution in [0, 0.1) is 5.82 Å². The van der Waals surface area contributed by atoms with E-state index < -0.39 is 18.0 Å². The number of aliphatic hydroxyl groups excluding tert-OH is 1. The monoisotopic (exact) mass is 400 g/mol. The van der Waals surface area contributed by atoms with Gasteiger partial charge < -0.3 is 19.7 Å². The number of fused-ring (bicyclic) bond motifs is 1. The van der Waals surface area contributed by atoms with E-state index in [1.807, 2.05) is 4.90 Å². The second-order valence-corrected chi connectivity index (χ2v) is 6.91. The number of amides is 1. The van der Waals surface area contributed by atoms with E-state index in [1.54, 1.807) is 19.2 Å². The van der Waals surface area contributed by atoms with E-state index in [0.29, 0.717) is 36.1 Å². The van der Waals surface area contributed by atoms with Crippen molar-refractivity contribution in [3.63, 3.8) is 0 Å². The number of cyclic esters (lactones) is 1. The molecule has 150 valence electrons. The summed E-state index contributed by atoms with van der Waals surface area (Å²) < 4.78 is 19.8. The molecule has 5 rings (SSSR count). The second-order valence-electron chi connectivity index (χ2n) is 6.91. The van der Waals surface area contributed by atoms with Crippen molar-refractivity contribution in [3.8, 4) is 11.4 Å². The Labute approximate surface area is 163 Å². The van der Waals surface area contributed by atoms with Crippen molar-refractivity contribution in [1.82, 2.24) is 30.2 Å². The smallest absolute Gasteiger partial charge is 0.414 e. The molecule has 0 unspecified atom stereocenters. The number of halogens is 1. The largest absolute Gasteiger partial charge is 0.441 e. The molecule has 1 saturated heterocycles. The summed E-state index contributed by atoms with van der Waals surface area (Å²) in [6.45, 7) is 0.923. The normalized spacial score (nSPS) is 18.4. The highest BCUT2D eigenvalue weighted by atomic mass is 19.1. The third-order valence-electron chi connectivity index (χ3n) is 4.93. The predicted molar refractivity (Wildman–Crippen MR) is 97.4 cm³/mol. The minimum atomic E-state index is -0.606. The molecule has 1 aromatic carbocycles. The average molecular weight is 400 g/mol. The zero-order valence-electron chi connectivity index (χ0n) is 15.4. The van der Waals surface area contributed by atoms with Gasteiger partial charge in [-0.2, -0.15) is 4.80 Å². The number of carbonyl (C=O) groups excluding carboxylic acids is 1. The molecule has 4 heterocycles. The Hall–Kier alpha value is -3.54. The summed E-state index contributed by atoms with van der Waals surface area (Å²) in [6, 6.07) is 4.46. The number of aliphatic hydroxyl groups is 1. The Morgan fingerprint density at radius 2 is 2.24 bits per heavy atom. The van der Waals surface area contributed by atoms with Gasteiger partial charge in [0.1, 0.15) is 17.7 Å². The van der Waals surface area contributed by atoms with Crippen LogP contribution in [0.5, 0.6) is 0 Å². The van der Waals surface area contributed by atoms with Gasteiger partial charge in [0.2, 0.25) is 0 Å². The van der Waals surface area contributed by atoms with E-state index in [4.69, 9.17) is 9.84 Å². The summed E-state index contributed by atoms with van der Waals surface area (Å²) in [6.07, 6.45) is -1.21. The Morgan fingerprint density at radius 3 is 2.90 bits per heavy atom. The number of ether oxygens (including phenoxy) is 1. The highest BCUT2D eigenvalue weighted by molar-refractivity contribution is 5.90. The van der Waals surface area contributed by atoms with E-state index in [9.17, 15) is 9.18 Å². The molecule has 1 atom stereocenters. The van der Waals surface area contributed by atoms with Gasteiger partial charge in [-0.25, -0.2) is 14.2 Å². The van der Waals surface area contributed by atoms with E-state index in [0.717, 1.165) is 11.4 Å². The fourth-order valence-electron chi connectivity index (χ4n) is 3.50. The van der Waals surface area contributed by atoms with Crippen molar-refractivity contribution in [2.75, 3.05) is 23.0 Å². The van der Waals surface area contributed by atoms with Crippen LogP contribution in [0.15, 0.2) is 18.2 Å². The maximum absolute atomic E-state index is 14.8. The van der Waals surface area contributed by atoms with E-state index in [1.165, 1.54) is 15.8 Å². The molecule has 2 aromatic heterocycles. The van der Waals surface area contributed by atoms with Crippen molar-refractivity contribution in [2.45, 2.75) is 19.2 Å². The van der Waals surface area contributed by atoms with Crippen LogP contribution in [-0.2, 0) is 24.9 Å². The van der Waals surface area contributed by atoms with E-state index in [-0.39, 0.29) is 13.2 Å². The number of imidazole rings is 1. The zero-order chi connectivity index (χ0) is 20.1. The zero-order valence-corrected chi connectivity index (χ0v) is 15.4. The van der Waals surface area contributed by atoms with Crippen molar-refractivity contribution in [1.29, 1.82) is 0 Å². The number of hydrogen-bond donors (Lipinski definition) is 2. The fourth-order valence-corrected chi connectivity index (χ4v) is 3.50. The van der Waals surface area contributed by atoms with E-state index >= 15 is 0 Å². The number of hydrogen-bond acceptors (Lipinski definition) is 8. The van der Waals surface area contributed by atoms with Crippen LogP contribution >= 0.6 is 0 Å². The summed E-state index contributed by atoms with van der Waals surface area (Å²) in [5.74, 6) is 0.417. The molecule has 0 radical (unpaired) electrons. The molecule has 2 aliphatic heterocycles. The maximum atomic E-state index is 14.8. The Bertz CT molecular complexity index is 1070. The number of H-pyrrole nitrogens is 1. The number of aromatic amines is 1. The lowest BCUT2D eigenvalue weighted by Crippen LogP contribution is -2.25. The van der Waals surface area contributed by atoms with Crippen LogP contribution in [0.4, 0.5) is 20.8 Å². The minimum Gasteiger partial charge on any atom is -0.441 e. The van der Waals surface area contributed by atoms with Crippen molar-refractivity contribution in [2.24, 2.45) is 7.05 Å². The lowest BCUT2D eigenvalue weighted by Gasteiger charge is -2.14. The first-order valence-corrected chi connectivity index (χ1v) is 8.97. The number of nitrogens with one attached hydrogen (secondary N) is 1. The van der Waals surface area contributed by atoms with Crippen molar-refractivity contribution in [3.05, 3.63) is 35.4 Å². The standard InChI is InChI=1S/C17H17FN8O3/c1-24-22-16(21-23-24)25-6-13-14(7-25)20-15(19-13)11-3-2-9(4-12(11)18)26-5-10(8-27)29-17(26)28/h2-4,10,27H,5-8H2,1H3,(H,19,20)/t10-/m1/s1. The number of aromatic nitrogens is 6. The van der Waals surface area contributed by atoms with Gasteiger partial charge in [-0.05, 0) is 23.4 Å². The maximum Gasteiger partial charge on any atom is 0.414 e. The third kappa shape index (κ3) is 2.97. The van der Waals surface area contributed by atoms with Gasteiger partial charge in [0.15, 0.2) is 0 Å². The van der Waals surface area contributed by atoms with Crippen LogP contribution in [0.1, 0.15) is 11.4 Å². The number of rotatable bonds is 4. The second kappa shape index (κ2) is 6.51. The number of nitrogens with zero attached hydrogens (tertiary/aromatic N) is 7. The SMILES string of the molecule is Cn1nnc(N2Cc3nc(-c4ccc(N5C[C@H](CO)OC5=O)cc4F)[nH]c3C2)n1. The van der Waals surface area contributed by atoms with Crippen LogP contribution in [0.25, 0.3) is 11.4 Å². The molecular formula is C17H17FN8O3. The Morgan fingerprint density at radius 1 is 1.38 bits per heavy atom. The number of carbonyl (C=O) groups is 1. The van der Waals surface area contributed by atoms with Crippen LogP contribution in [0.3, 0.4) is 0 Å². The van der Waals surface area contributed by atoms with Gasteiger partial charge in [0.05, 0.1) is 55.9 Å². The predicted octanol–water partition coefficient (Wildman–Crippen LogP) is 0.577. The van der Waals surface area contributed by atoms with Crippen LogP contribution in [0.2, 0.25) is 0 Å².